The zero-order valence-electron chi connectivity index (χ0n) is 13.7. The van der Waals surface area contributed by atoms with Crippen LogP contribution >= 0.6 is 11.3 Å². The van der Waals surface area contributed by atoms with Crippen molar-refractivity contribution in [2.45, 2.75) is 38.6 Å². The van der Waals surface area contributed by atoms with Gasteiger partial charge in [-0.25, -0.2) is 4.79 Å². The number of thiophene rings is 1. The molecule has 1 atom stereocenters. The van der Waals surface area contributed by atoms with Crippen LogP contribution in [0.1, 0.15) is 51.5 Å². The maximum Gasteiger partial charge on any atom is 0.348 e. The second-order valence-corrected chi connectivity index (χ2v) is 7.18. The molecular weight excluding hydrogens is 322 g/mol. The summed E-state index contributed by atoms with van der Waals surface area (Å²) in [7, 11) is 0. The standard InChI is InChI=1S/C19H21NO3S/c1-13(14-7-3-2-4-8-14)20-18(21)12-23-19(22)17-11-15-9-5-6-10-16(15)24-17/h2-4,7-8,11,13H,5-6,9-10,12H2,1H3,(H,20,21)/t13-/m1/s1. The molecule has 0 spiro atoms. The van der Waals surface area contributed by atoms with E-state index in [4.69, 9.17) is 4.74 Å². The van der Waals surface area contributed by atoms with Gasteiger partial charge >= 0.3 is 5.97 Å². The maximum atomic E-state index is 12.1. The molecule has 0 fully saturated rings. The summed E-state index contributed by atoms with van der Waals surface area (Å²) in [5.41, 5.74) is 2.28. The SMILES string of the molecule is C[C@@H](NC(=O)COC(=O)c1cc2c(s1)CCCC2)c1ccccc1. The van der Waals surface area contributed by atoms with Gasteiger partial charge < -0.3 is 10.1 Å². The Balaban J connectivity index is 1.50. The lowest BCUT2D eigenvalue weighted by Crippen LogP contribution is -2.31. The second kappa shape index (κ2) is 7.62. The number of fused-ring (bicyclic) bond motifs is 1. The summed E-state index contributed by atoms with van der Waals surface area (Å²) < 4.78 is 5.16. The minimum atomic E-state index is -0.406. The molecule has 4 nitrogen and oxygen atoms in total. The molecule has 5 heteroatoms. The van der Waals surface area contributed by atoms with Crippen LogP contribution in [0.5, 0.6) is 0 Å². The van der Waals surface area contributed by atoms with E-state index in [2.05, 4.69) is 5.32 Å². The Morgan fingerprint density at radius 1 is 1.21 bits per heavy atom. The Morgan fingerprint density at radius 2 is 1.96 bits per heavy atom. The van der Waals surface area contributed by atoms with Gasteiger partial charge in [0.25, 0.3) is 5.91 Å². The molecule has 0 saturated heterocycles. The highest BCUT2D eigenvalue weighted by atomic mass is 32.1. The van der Waals surface area contributed by atoms with E-state index in [0.29, 0.717) is 4.88 Å². The summed E-state index contributed by atoms with van der Waals surface area (Å²) in [6.45, 7) is 1.65. The molecule has 2 aromatic rings. The smallest absolute Gasteiger partial charge is 0.348 e. The van der Waals surface area contributed by atoms with Gasteiger partial charge in [-0.2, -0.15) is 0 Å². The van der Waals surface area contributed by atoms with E-state index in [-0.39, 0.29) is 18.6 Å². The summed E-state index contributed by atoms with van der Waals surface area (Å²) in [6.07, 6.45) is 4.44. The molecule has 1 aliphatic carbocycles. The molecule has 0 bridgehead atoms. The molecule has 0 unspecified atom stereocenters. The Bertz CT molecular complexity index is 700. The van der Waals surface area contributed by atoms with Gasteiger partial charge in [0, 0.05) is 4.88 Å². The fourth-order valence-corrected chi connectivity index (χ4v) is 4.05. The van der Waals surface area contributed by atoms with Crippen LogP contribution in [0.4, 0.5) is 0 Å². The zero-order valence-corrected chi connectivity index (χ0v) is 14.5. The number of benzene rings is 1. The van der Waals surface area contributed by atoms with E-state index in [0.717, 1.165) is 18.4 Å². The summed E-state index contributed by atoms with van der Waals surface area (Å²) >= 11 is 1.50. The van der Waals surface area contributed by atoms with E-state index in [9.17, 15) is 9.59 Å². The molecule has 126 valence electrons. The van der Waals surface area contributed by atoms with Gasteiger partial charge in [0.2, 0.25) is 0 Å². The van der Waals surface area contributed by atoms with Crippen LogP contribution in [-0.4, -0.2) is 18.5 Å². The number of amides is 1. The highest BCUT2D eigenvalue weighted by Crippen LogP contribution is 2.30. The molecule has 0 aliphatic heterocycles. The Hall–Kier alpha value is -2.14. The van der Waals surface area contributed by atoms with E-state index < -0.39 is 5.97 Å². The third-order valence-corrected chi connectivity index (χ3v) is 5.43. The molecule has 1 amide bonds. The number of ether oxygens (including phenoxy) is 1. The highest BCUT2D eigenvalue weighted by Gasteiger charge is 2.19. The van der Waals surface area contributed by atoms with Crippen LogP contribution in [-0.2, 0) is 22.4 Å². The van der Waals surface area contributed by atoms with Crippen molar-refractivity contribution >= 4 is 23.2 Å². The van der Waals surface area contributed by atoms with E-state index in [1.165, 1.54) is 34.6 Å². The average Bonchev–Trinajstić information content (AvgIpc) is 3.04. The van der Waals surface area contributed by atoms with Crippen molar-refractivity contribution in [2.24, 2.45) is 0 Å². The predicted molar refractivity (Wildman–Crippen MR) is 94.2 cm³/mol. The zero-order chi connectivity index (χ0) is 16.9. The molecule has 3 rings (SSSR count). The molecule has 0 radical (unpaired) electrons. The first-order valence-corrected chi connectivity index (χ1v) is 9.08. The molecule has 1 aromatic carbocycles. The third kappa shape index (κ3) is 4.03. The Morgan fingerprint density at radius 3 is 2.71 bits per heavy atom. The van der Waals surface area contributed by atoms with Crippen molar-refractivity contribution in [2.75, 3.05) is 6.61 Å². The van der Waals surface area contributed by atoms with Crippen LogP contribution in [0.2, 0.25) is 0 Å². The molecule has 1 aromatic heterocycles. The van der Waals surface area contributed by atoms with Crippen molar-refractivity contribution in [3.63, 3.8) is 0 Å². The van der Waals surface area contributed by atoms with Crippen LogP contribution < -0.4 is 5.32 Å². The number of nitrogens with one attached hydrogen (secondary N) is 1. The molecule has 1 aliphatic rings. The molecular formula is C19H21NO3S. The first kappa shape index (κ1) is 16.7. The lowest BCUT2D eigenvalue weighted by molar-refractivity contribution is -0.124. The summed E-state index contributed by atoms with van der Waals surface area (Å²) in [5.74, 6) is -0.696. The normalized spacial score (nSPS) is 14.5. The van der Waals surface area contributed by atoms with Gasteiger partial charge in [-0.05, 0) is 49.8 Å². The fraction of sp³-hybridized carbons (Fsp3) is 0.368. The van der Waals surface area contributed by atoms with Gasteiger partial charge in [-0.15, -0.1) is 11.3 Å². The summed E-state index contributed by atoms with van der Waals surface area (Å²) in [5, 5.41) is 2.84. The van der Waals surface area contributed by atoms with E-state index in [1.807, 2.05) is 43.3 Å². The first-order chi connectivity index (χ1) is 11.6. The molecule has 1 N–H and O–H groups in total. The Kier molecular flexibility index (Phi) is 5.30. The number of carbonyl (C=O) groups is 2. The molecule has 24 heavy (non-hydrogen) atoms. The molecule has 1 heterocycles. The van der Waals surface area contributed by atoms with E-state index in [1.54, 1.807) is 0 Å². The topological polar surface area (TPSA) is 55.4 Å². The maximum absolute atomic E-state index is 12.1. The van der Waals surface area contributed by atoms with Crippen molar-refractivity contribution < 1.29 is 14.3 Å². The fourth-order valence-electron chi connectivity index (χ4n) is 2.90. The average molecular weight is 343 g/mol. The minimum absolute atomic E-state index is 0.119. The van der Waals surface area contributed by atoms with Crippen molar-refractivity contribution in [3.05, 3.63) is 57.3 Å². The van der Waals surface area contributed by atoms with Crippen LogP contribution in [0.3, 0.4) is 0 Å². The van der Waals surface area contributed by atoms with Gasteiger partial charge in [0.05, 0.1) is 6.04 Å². The van der Waals surface area contributed by atoms with Crippen LogP contribution in [0, 0.1) is 0 Å². The lowest BCUT2D eigenvalue weighted by atomic mass is 9.99. The second-order valence-electron chi connectivity index (χ2n) is 6.04. The van der Waals surface area contributed by atoms with Gasteiger partial charge in [0.15, 0.2) is 6.61 Å². The van der Waals surface area contributed by atoms with Gasteiger partial charge in [0.1, 0.15) is 4.88 Å². The number of aryl methyl sites for hydroxylation is 2. The number of rotatable bonds is 5. The lowest BCUT2D eigenvalue weighted by Gasteiger charge is -2.14. The van der Waals surface area contributed by atoms with Crippen molar-refractivity contribution in [1.29, 1.82) is 0 Å². The van der Waals surface area contributed by atoms with Crippen molar-refractivity contribution in [3.8, 4) is 0 Å². The quantitative estimate of drug-likeness (QED) is 0.843. The van der Waals surface area contributed by atoms with Crippen molar-refractivity contribution in [1.82, 2.24) is 5.32 Å². The number of carbonyl (C=O) groups excluding carboxylic acids is 2. The molecule has 0 saturated carbocycles. The summed E-state index contributed by atoms with van der Waals surface area (Å²) in [4.78, 5) is 26.0. The van der Waals surface area contributed by atoms with Crippen LogP contribution in [0.15, 0.2) is 36.4 Å². The van der Waals surface area contributed by atoms with Crippen LogP contribution in [0.25, 0.3) is 0 Å². The highest BCUT2D eigenvalue weighted by molar-refractivity contribution is 7.14. The first-order valence-electron chi connectivity index (χ1n) is 8.26. The predicted octanol–water partition coefficient (Wildman–Crippen LogP) is 3.66. The minimum Gasteiger partial charge on any atom is -0.451 e. The number of hydrogen-bond acceptors (Lipinski definition) is 4. The number of hydrogen-bond donors (Lipinski definition) is 1. The summed E-state index contributed by atoms with van der Waals surface area (Å²) in [6, 6.07) is 11.5. The van der Waals surface area contributed by atoms with E-state index >= 15 is 0 Å². The monoisotopic (exact) mass is 343 g/mol. The largest absolute Gasteiger partial charge is 0.451 e. The Labute approximate surface area is 145 Å². The van der Waals surface area contributed by atoms with Gasteiger partial charge in [-0.1, -0.05) is 30.3 Å². The number of esters is 1. The third-order valence-electron chi connectivity index (χ3n) is 4.21. The van der Waals surface area contributed by atoms with Gasteiger partial charge in [-0.3, -0.25) is 4.79 Å².